The van der Waals surface area contributed by atoms with E-state index in [2.05, 4.69) is 10.0 Å². The molecule has 0 unspecified atom stereocenters. The zero-order chi connectivity index (χ0) is 31.1. The van der Waals surface area contributed by atoms with Crippen LogP contribution in [-0.4, -0.2) is 40.4 Å². The number of anilines is 1. The van der Waals surface area contributed by atoms with E-state index < -0.39 is 16.1 Å². The van der Waals surface area contributed by atoms with Gasteiger partial charge >= 0.3 is 6.09 Å². The number of sulfonamides is 1. The molecule has 228 valence electrons. The average molecular weight is 610 g/mol. The maximum atomic E-state index is 13.4. The van der Waals surface area contributed by atoms with Crippen LogP contribution in [0, 0.1) is 0 Å². The number of pyridine rings is 1. The Morgan fingerprint density at radius 2 is 1.51 bits per heavy atom. The molecule has 0 aliphatic rings. The topological polar surface area (TPSA) is 134 Å². The van der Waals surface area contributed by atoms with Crippen LogP contribution in [-0.2, 0) is 16.6 Å². The van der Waals surface area contributed by atoms with Gasteiger partial charge in [0.15, 0.2) is 17.2 Å². The third-order valence-electron chi connectivity index (χ3n) is 7.03. The maximum Gasteiger partial charge on any atom is 0.412 e. The van der Waals surface area contributed by atoms with E-state index in [9.17, 15) is 18.0 Å². The van der Waals surface area contributed by atoms with Crippen LogP contribution in [0.5, 0.6) is 23.0 Å². The molecule has 12 heteroatoms. The Morgan fingerprint density at radius 3 is 2.12 bits per heavy atom. The molecule has 0 saturated carbocycles. The quantitative estimate of drug-likeness (QED) is 0.216. The first kappa shape index (κ1) is 31.2. The number of methoxy groups -OCH3 is 3. The van der Waals surface area contributed by atoms with E-state index in [0.29, 0.717) is 52.1 Å². The molecule has 2 N–H and O–H groups in total. The Balaban J connectivity index is 1.55. The van der Waals surface area contributed by atoms with Gasteiger partial charge in [-0.15, -0.1) is 0 Å². The van der Waals surface area contributed by atoms with Crippen LogP contribution in [0.25, 0.3) is 10.8 Å². The van der Waals surface area contributed by atoms with Crippen molar-refractivity contribution in [3.63, 3.8) is 0 Å². The summed E-state index contributed by atoms with van der Waals surface area (Å²) in [5, 5.41) is 3.42. The fraction of sp³-hybridized carbons (Fsp3) is 0.290. The highest BCUT2D eigenvalue weighted by atomic mass is 32.2. The van der Waals surface area contributed by atoms with Gasteiger partial charge in [-0.25, -0.2) is 13.2 Å². The van der Waals surface area contributed by atoms with Gasteiger partial charge in [-0.3, -0.25) is 9.52 Å². The summed E-state index contributed by atoms with van der Waals surface area (Å²) >= 11 is 0. The molecule has 0 atom stereocenters. The molecule has 0 aliphatic heterocycles. The molecule has 11 nitrogen and oxygen atoms in total. The molecule has 3 aromatic carbocycles. The molecule has 1 aromatic heterocycles. The number of aromatic nitrogens is 1. The predicted octanol–water partition coefficient (Wildman–Crippen LogP) is 5.48. The second kappa shape index (κ2) is 13.5. The highest BCUT2D eigenvalue weighted by molar-refractivity contribution is 7.92. The first-order valence-corrected chi connectivity index (χ1v) is 15.1. The van der Waals surface area contributed by atoms with E-state index in [4.69, 9.17) is 18.9 Å². The van der Waals surface area contributed by atoms with Crippen LogP contribution in [0.3, 0.4) is 0 Å². The molecule has 43 heavy (non-hydrogen) atoms. The summed E-state index contributed by atoms with van der Waals surface area (Å²) in [6, 6.07) is 15.7. The van der Waals surface area contributed by atoms with E-state index in [0.717, 1.165) is 0 Å². The van der Waals surface area contributed by atoms with E-state index in [-0.39, 0.29) is 28.8 Å². The van der Waals surface area contributed by atoms with Crippen molar-refractivity contribution in [2.45, 2.75) is 44.2 Å². The zero-order valence-electron chi connectivity index (χ0n) is 24.7. The lowest BCUT2D eigenvalue weighted by atomic mass is 10.1. The fourth-order valence-corrected chi connectivity index (χ4v) is 5.76. The summed E-state index contributed by atoms with van der Waals surface area (Å²) in [4.78, 5) is 26.5. The molecule has 4 aromatic rings. The summed E-state index contributed by atoms with van der Waals surface area (Å²) < 4.78 is 51.4. The number of benzene rings is 3. The van der Waals surface area contributed by atoms with Crippen LogP contribution >= 0.6 is 0 Å². The van der Waals surface area contributed by atoms with Crippen molar-refractivity contribution in [1.82, 2.24) is 9.88 Å². The Hall–Kier alpha value is -4.71. The molecular formula is C31H35N3O8S. The summed E-state index contributed by atoms with van der Waals surface area (Å²) in [5.41, 5.74) is 0.726. The van der Waals surface area contributed by atoms with Gasteiger partial charge in [0.2, 0.25) is 0 Å². The zero-order valence-corrected chi connectivity index (χ0v) is 25.5. The Morgan fingerprint density at radius 1 is 0.860 bits per heavy atom. The summed E-state index contributed by atoms with van der Waals surface area (Å²) in [7, 11) is 0.620. The van der Waals surface area contributed by atoms with E-state index in [1.165, 1.54) is 33.5 Å². The SMILES string of the molecule is CCC(CC)n1cc(OC(=O)NCc2cccc(NS(=O)(=O)c3ccc(OC)cc3)c2)c2cc(OC)c(OC)cc2c1=O. The normalized spacial score (nSPS) is 11.3. The third kappa shape index (κ3) is 7.03. The fourth-order valence-electron chi connectivity index (χ4n) is 4.71. The van der Waals surface area contributed by atoms with Crippen molar-refractivity contribution in [2.75, 3.05) is 26.1 Å². The van der Waals surface area contributed by atoms with Crippen molar-refractivity contribution in [2.24, 2.45) is 0 Å². The van der Waals surface area contributed by atoms with Gasteiger partial charge in [-0.2, -0.15) is 0 Å². The number of nitrogens with one attached hydrogen (secondary N) is 2. The third-order valence-corrected chi connectivity index (χ3v) is 8.43. The van der Waals surface area contributed by atoms with Gasteiger partial charge in [0.05, 0.1) is 37.8 Å². The molecule has 0 saturated heterocycles. The Bertz CT molecular complexity index is 1760. The number of ether oxygens (including phenoxy) is 4. The predicted molar refractivity (Wildman–Crippen MR) is 164 cm³/mol. The average Bonchev–Trinajstić information content (AvgIpc) is 3.02. The molecule has 0 fully saturated rings. The molecule has 4 rings (SSSR count). The Kier molecular flexibility index (Phi) is 9.81. The molecule has 1 amide bonds. The van der Waals surface area contributed by atoms with E-state index in [1.807, 2.05) is 13.8 Å². The van der Waals surface area contributed by atoms with Crippen LogP contribution in [0.2, 0.25) is 0 Å². The van der Waals surface area contributed by atoms with Crippen molar-refractivity contribution >= 4 is 32.6 Å². The molecular weight excluding hydrogens is 574 g/mol. The lowest BCUT2D eigenvalue weighted by molar-refractivity contribution is 0.200. The maximum absolute atomic E-state index is 13.4. The minimum atomic E-state index is -3.84. The first-order valence-electron chi connectivity index (χ1n) is 13.7. The number of hydrogen-bond donors (Lipinski definition) is 2. The monoisotopic (exact) mass is 609 g/mol. The lowest BCUT2D eigenvalue weighted by Gasteiger charge is -2.20. The molecule has 1 heterocycles. The minimum Gasteiger partial charge on any atom is -0.497 e. The van der Waals surface area contributed by atoms with E-state index in [1.54, 1.807) is 59.3 Å². The van der Waals surface area contributed by atoms with Crippen LogP contribution < -0.4 is 34.5 Å². The van der Waals surface area contributed by atoms with Gasteiger partial charge < -0.3 is 28.8 Å². The minimum absolute atomic E-state index is 0.0538. The van der Waals surface area contributed by atoms with E-state index >= 15 is 0 Å². The standard InChI is InChI=1S/C31H35N3O8S/c1-6-22(7-2)34-19-29(25-16-27(40-4)28(41-5)17-26(25)30(34)35)42-31(36)32-18-20-9-8-10-21(15-20)33-43(37,38)24-13-11-23(39-3)12-14-24/h8-17,19,22,33H,6-7,18H2,1-5H3,(H,32,36). The van der Waals surface area contributed by atoms with Gasteiger partial charge in [-0.05, 0) is 66.9 Å². The van der Waals surface area contributed by atoms with Gasteiger partial charge in [0.25, 0.3) is 15.6 Å². The van der Waals surface area contributed by atoms with Crippen molar-refractivity contribution in [3.05, 3.63) is 82.8 Å². The lowest BCUT2D eigenvalue weighted by Crippen LogP contribution is -2.28. The van der Waals surface area contributed by atoms with Gasteiger partial charge in [-0.1, -0.05) is 26.0 Å². The second-order valence-corrected chi connectivity index (χ2v) is 11.3. The molecule has 0 bridgehead atoms. The first-order chi connectivity index (χ1) is 20.6. The van der Waals surface area contributed by atoms with Crippen molar-refractivity contribution in [1.29, 1.82) is 0 Å². The molecule has 0 aliphatic carbocycles. The summed E-state index contributed by atoms with van der Waals surface area (Å²) in [6.07, 6.45) is 2.20. The van der Waals surface area contributed by atoms with Crippen LogP contribution in [0.15, 0.2) is 76.6 Å². The van der Waals surface area contributed by atoms with Crippen molar-refractivity contribution in [3.8, 4) is 23.0 Å². The number of amides is 1. The molecule has 0 spiro atoms. The number of nitrogens with zero attached hydrogens (tertiary/aromatic N) is 1. The highest BCUT2D eigenvalue weighted by Crippen LogP contribution is 2.35. The van der Waals surface area contributed by atoms with Gasteiger partial charge in [0, 0.05) is 23.7 Å². The summed E-state index contributed by atoms with van der Waals surface area (Å²) in [6.45, 7) is 4.02. The van der Waals surface area contributed by atoms with Crippen molar-refractivity contribution < 1.29 is 32.2 Å². The number of hydrogen-bond acceptors (Lipinski definition) is 8. The number of carbonyl (C=O) groups excluding carboxylic acids is 1. The second-order valence-electron chi connectivity index (χ2n) is 9.65. The summed E-state index contributed by atoms with van der Waals surface area (Å²) in [5.74, 6) is 1.49. The number of carbonyl (C=O) groups is 1. The van der Waals surface area contributed by atoms with Gasteiger partial charge in [0.1, 0.15) is 5.75 Å². The van der Waals surface area contributed by atoms with Crippen LogP contribution in [0.4, 0.5) is 10.5 Å². The number of fused-ring (bicyclic) bond motifs is 1. The highest BCUT2D eigenvalue weighted by Gasteiger charge is 2.20. The smallest absolute Gasteiger partial charge is 0.412 e. The largest absolute Gasteiger partial charge is 0.497 e. The number of rotatable bonds is 12. The Labute approximate surface area is 250 Å². The molecule has 0 radical (unpaired) electrons. The van der Waals surface area contributed by atoms with Crippen LogP contribution in [0.1, 0.15) is 38.3 Å².